The largest absolute Gasteiger partial charge is 0.493 e. The van der Waals surface area contributed by atoms with Crippen LogP contribution in [-0.4, -0.2) is 44.2 Å². The van der Waals surface area contributed by atoms with Crippen LogP contribution in [0, 0.1) is 12.8 Å². The fraction of sp³-hybridized carbons (Fsp3) is 0.500. The van der Waals surface area contributed by atoms with Crippen LogP contribution < -0.4 is 4.74 Å². The van der Waals surface area contributed by atoms with Gasteiger partial charge < -0.3 is 18.8 Å². The van der Waals surface area contributed by atoms with E-state index in [2.05, 4.69) is 0 Å². The lowest BCUT2D eigenvalue weighted by atomic mass is 10.1. The van der Waals surface area contributed by atoms with Gasteiger partial charge in [-0.15, -0.1) is 0 Å². The van der Waals surface area contributed by atoms with Crippen LogP contribution in [0.5, 0.6) is 5.75 Å². The summed E-state index contributed by atoms with van der Waals surface area (Å²) in [6.07, 6.45) is 1.01. The topological polar surface area (TPSA) is 51.9 Å². The first-order valence-corrected chi connectivity index (χ1v) is 8.08. The highest BCUT2D eigenvalue weighted by Crippen LogP contribution is 2.33. The number of carbonyl (C=O) groups excluding carboxylic acids is 1. The first-order chi connectivity index (χ1) is 11.2. The number of hydrogen-bond donors (Lipinski definition) is 0. The van der Waals surface area contributed by atoms with Crippen molar-refractivity contribution in [2.24, 2.45) is 5.92 Å². The third kappa shape index (κ3) is 2.93. The Balaban J connectivity index is 1.91. The van der Waals surface area contributed by atoms with Gasteiger partial charge in [-0.05, 0) is 26.3 Å². The molecule has 0 aliphatic carbocycles. The van der Waals surface area contributed by atoms with Crippen molar-refractivity contribution in [2.45, 2.75) is 20.3 Å². The number of nitrogens with zero attached hydrogens (tertiary/aromatic N) is 1. The van der Waals surface area contributed by atoms with Crippen molar-refractivity contribution in [3.8, 4) is 5.75 Å². The van der Waals surface area contributed by atoms with Crippen molar-refractivity contribution in [3.63, 3.8) is 0 Å². The quantitative estimate of drug-likeness (QED) is 0.849. The van der Waals surface area contributed by atoms with E-state index >= 15 is 0 Å². The Bertz CT molecular complexity index is 700. The summed E-state index contributed by atoms with van der Waals surface area (Å²) in [7, 11) is 1.60. The summed E-state index contributed by atoms with van der Waals surface area (Å²) >= 11 is 0. The molecular formula is C18H23NO4. The molecule has 0 spiro atoms. The van der Waals surface area contributed by atoms with Gasteiger partial charge in [-0.2, -0.15) is 0 Å². The Morgan fingerprint density at radius 2 is 2.26 bits per heavy atom. The van der Waals surface area contributed by atoms with E-state index in [0.717, 1.165) is 30.6 Å². The highest BCUT2D eigenvalue weighted by Gasteiger charge is 2.26. The lowest BCUT2D eigenvalue weighted by Crippen LogP contribution is -2.35. The SMILES string of the molecule is CCN(CC1CCOC1)C(=O)c1oc2c(OC)cccc2c1C. The minimum atomic E-state index is -0.0600. The maximum atomic E-state index is 12.9. The molecule has 2 heterocycles. The predicted octanol–water partition coefficient (Wildman–Crippen LogP) is 3.25. The highest BCUT2D eigenvalue weighted by atomic mass is 16.5. The van der Waals surface area contributed by atoms with Crippen LogP contribution in [0.15, 0.2) is 22.6 Å². The van der Waals surface area contributed by atoms with Crippen LogP contribution in [0.2, 0.25) is 0 Å². The van der Waals surface area contributed by atoms with Crippen molar-refractivity contribution in [1.82, 2.24) is 4.90 Å². The van der Waals surface area contributed by atoms with Crippen molar-refractivity contribution in [3.05, 3.63) is 29.5 Å². The Hall–Kier alpha value is -2.01. The smallest absolute Gasteiger partial charge is 0.289 e. The molecule has 1 aliphatic rings. The van der Waals surface area contributed by atoms with E-state index in [1.807, 2.05) is 36.9 Å². The molecule has 124 valence electrons. The van der Waals surface area contributed by atoms with Gasteiger partial charge in [-0.3, -0.25) is 4.79 Å². The number of fused-ring (bicyclic) bond motifs is 1. The summed E-state index contributed by atoms with van der Waals surface area (Å²) in [5, 5.41) is 0.924. The zero-order chi connectivity index (χ0) is 16.4. The molecule has 1 atom stereocenters. The van der Waals surface area contributed by atoms with Crippen molar-refractivity contribution in [2.75, 3.05) is 33.4 Å². The lowest BCUT2D eigenvalue weighted by Gasteiger charge is -2.23. The minimum Gasteiger partial charge on any atom is -0.493 e. The molecule has 1 aromatic heterocycles. The first-order valence-electron chi connectivity index (χ1n) is 8.08. The summed E-state index contributed by atoms with van der Waals surface area (Å²) in [6, 6.07) is 5.70. The molecule has 1 saturated heterocycles. The Kier molecular flexibility index (Phi) is 4.57. The van der Waals surface area contributed by atoms with Crippen molar-refractivity contribution >= 4 is 16.9 Å². The molecule has 1 aliphatic heterocycles. The standard InChI is InChI=1S/C18H23NO4/c1-4-19(10-13-8-9-22-11-13)18(20)16-12(2)14-6-5-7-15(21-3)17(14)23-16/h5-7,13H,4,8-11H2,1-3H3. The Morgan fingerprint density at radius 3 is 2.91 bits per heavy atom. The number of ether oxygens (including phenoxy) is 2. The second-order valence-electron chi connectivity index (χ2n) is 5.97. The monoisotopic (exact) mass is 317 g/mol. The van der Waals surface area contributed by atoms with Gasteiger partial charge >= 0.3 is 0 Å². The maximum absolute atomic E-state index is 12.9. The van der Waals surface area contributed by atoms with E-state index in [9.17, 15) is 4.79 Å². The molecule has 0 N–H and O–H groups in total. The fourth-order valence-electron chi connectivity index (χ4n) is 3.12. The average molecular weight is 317 g/mol. The molecule has 1 unspecified atom stereocenters. The molecule has 1 amide bonds. The number of hydrogen-bond acceptors (Lipinski definition) is 4. The average Bonchev–Trinajstić information content (AvgIpc) is 3.20. The minimum absolute atomic E-state index is 0.0600. The van der Waals surface area contributed by atoms with Crippen LogP contribution >= 0.6 is 0 Å². The van der Waals surface area contributed by atoms with E-state index in [1.165, 1.54) is 0 Å². The zero-order valence-corrected chi connectivity index (χ0v) is 13.9. The Labute approximate surface area is 136 Å². The van der Waals surface area contributed by atoms with E-state index in [0.29, 0.717) is 36.1 Å². The third-order valence-electron chi connectivity index (χ3n) is 4.51. The predicted molar refractivity (Wildman–Crippen MR) is 88.0 cm³/mol. The molecule has 5 nitrogen and oxygen atoms in total. The van der Waals surface area contributed by atoms with E-state index in [-0.39, 0.29) is 5.91 Å². The summed E-state index contributed by atoms with van der Waals surface area (Å²) < 4.78 is 16.6. The second kappa shape index (κ2) is 6.62. The van der Waals surface area contributed by atoms with Crippen molar-refractivity contribution in [1.29, 1.82) is 0 Å². The summed E-state index contributed by atoms with van der Waals surface area (Å²) in [6.45, 7) is 6.80. The molecule has 3 rings (SSSR count). The molecule has 23 heavy (non-hydrogen) atoms. The zero-order valence-electron chi connectivity index (χ0n) is 13.9. The highest BCUT2D eigenvalue weighted by molar-refractivity contribution is 6.00. The summed E-state index contributed by atoms with van der Waals surface area (Å²) in [5.74, 6) is 1.41. The first kappa shape index (κ1) is 15.9. The van der Waals surface area contributed by atoms with Gasteiger partial charge in [-0.25, -0.2) is 0 Å². The van der Waals surface area contributed by atoms with Crippen LogP contribution in [0.3, 0.4) is 0 Å². The van der Waals surface area contributed by atoms with Crippen LogP contribution in [0.1, 0.15) is 29.5 Å². The lowest BCUT2D eigenvalue weighted by molar-refractivity contribution is 0.0700. The number of furan rings is 1. The normalized spacial score (nSPS) is 17.6. The van der Waals surface area contributed by atoms with Gasteiger partial charge in [0.25, 0.3) is 5.91 Å². The van der Waals surface area contributed by atoms with Crippen LogP contribution in [-0.2, 0) is 4.74 Å². The molecule has 2 aromatic rings. The summed E-state index contributed by atoms with van der Waals surface area (Å²) in [5.41, 5.74) is 1.50. The van der Waals surface area contributed by atoms with Gasteiger partial charge in [0.15, 0.2) is 17.1 Å². The molecular weight excluding hydrogens is 294 g/mol. The van der Waals surface area contributed by atoms with E-state index < -0.39 is 0 Å². The number of aryl methyl sites for hydroxylation is 1. The van der Waals surface area contributed by atoms with Gasteiger partial charge in [0.1, 0.15) is 0 Å². The number of benzene rings is 1. The number of para-hydroxylation sites is 1. The third-order valence-corrected chi connectivity index (χ3v) is 4.51. The molecule has 0 radical (unpaired) electrons. The van der Waals surface area contributed by atoms with Crippen LogP contribution in [0.4, 0.5) is 0 Å². The second-order valence-corrected chi connectivity index (χ2v) is 5.97. The molecule has 1 fully saturated rings. The van der Waals surface area contributed by atoms with Gasteiger partial charge in [0.2, 0.25) is 0 Å². The molecule has 1 aromatic carbocycles. The van der Waals surface area contributed by atoms with Crippen molar-refractivity contribution < 1.29 is 18.7 Å². The van der Waals surface area contributed by atoms with Crippen LogP contribution in [0.25, 0.3) is 11.0 Å². The van der Waals surface area contributed by atoms with Gasteiger partial charge in [-0.1, -0.05) is 12.1 Å². The molecule has 0 bridgehead atoms. The van der Waals surface area contributed by atoms with E-state index in [4.69, 9.17) is 13.9 Å². The number of amides is 1. The number of rotatable bonds is 5. The Morgan fingerprint density at radius 1 is 1.43 bits per heavy atom. The maximum Gasteiger partial charge on any atom is 0.289 e. The molecule has 0 saturated carbocycles. The number of methoxy groups -OCH3 is 1. The van der Waals surface area contributed by atoms with E-state index in [1.54, 1.807) is 7.11 Å². The van der Waals surface area contributed by atoms with Gasteiger partial charge in [0, 0.05) is 36.6 Å². The van der Waals surface area contributed by atoms with Gasteiger partial charge in [0.05, 0.1) is 13.7 Å². The number of carbonyl (C=O) groups is 1. The molecule has 5 heteroatoms. The summed E-state index contributed by atoms with van der Waals surface area (Å²) in [4.78, 5) is 14.7. The fourth-order valence-corrected chi connectivity index (χ4v) is 3.12.